The van der Waals surface area contributed by atoms with Crippen LogP contribution in [0.3, 0.4) is 0 Å². The third-order valence-electron chi connectivity index (χ3n) is 5.07. The predicted molar refractivity (Wildman–Crippen MR) is 150 cm³/mol. The van der Waals surface area contributed by atoms with Gasteiger partial charge in [0.05, 0.1) is 23.8 Å². The molecule has 0 radical (unpaired) electrons. The number of nitrogens with two attached hydrogens (primary N) is 2. The van der Waals surface area contributed by atoms with Crippen molar-refractivity contribution in [2.45, 2.75) is 100 Å². The molecule has 4 N–H and O–H groups in total. The summed E-state index contributed by atoms with van der Waals surface area (Å²) < 4.78 is 37.7. The van der Waals surface area contributed by atoms with E-state index >= 15 is 0 Å². The van der Waals surface area contributed by atoms with Crippen molar-refractivity contribution >= 4 is 11.5 Å². The molecular formula is C29H48F3N4U-. The molecule has 210 valence electrons. The number of rotatable bonds is 8. The zero-order valence-corrected chi connectivity index (χ0v) is 28.3. The third kappa shape index (κ3) is 18.4. The van der Waals surface area contributed by atoms with Gasteiger partial charge in [-0.1, -0.05) is 87.0 Å². The van der Waals surface area contributed by atoms with E-state index in [0.29, 0.717) is 22.7 Å². The molecule has 1 aliphatic rings. The molecule has 4 nitrogen and oxygen atoms in total. The number of aliphatic imine (C=N–C) groups is 2. The summed E-state index contributed by atoms with van der Waals surface area (Å²) >= 11 is 0. The van der Waals surface area contributed by atoms with Gasteiger partial charge >= 0.3 is 6.18 Å². The number of unbranched alkanes of at least 4 members (excludes halogenated alkanes) is 3. The van der Waals surface area contributed by atoms with E-state index in [4.69, 9.17) is 11.5 Å². The first-order valence-corrected chi connectivity index (χ1v) is 13.2. The van der Waals surface area contributed by atoms with E-state index < -0.39 is 11.7 Å². The minimum atomic E-state index is -4.40. The monoisotopic (exact) mass is 747 g/mol. The predicted octanol–water partition coefficient (Wildman–Crippen LogP) is 8.47. The topological polar surface area (TPSA) is 76.8 Å². The number of alkyl halides is 3. The minimum Gasteiger partial charge on any atom is -0.402 e. The zero-order chi connectivity index (χ0) is 28.1. The summed E-state index contributed by atoms with van der Waals surface area (Å²) in [6.45, 7) is 16.9. The Bertz CT molecular complexity index is 823. The summed E-state index contributed by atoms with van der Waals surface area (Å²) in [4.78, 5) is 8.45. The Morgan fingerprint density at radius 2 is 1.73 bits per heavy atom. The molecule has 1 aliphatic heterocycles. The molecule has 0 aliphatic carbocycles. The molecule has 2 rings (SSSR count). The molecule has 0 fully saturated rings. The maximum Gasteiger partial charge on any atom is 0.381 e. The van der Waals surface area contributed by atoms with Crippen molar-refractivity contribution in [3.63, 3.8) is 0 Å². The number of nitrogens with zero attached hydrogens (tertiary/aromatic N) is 2. The van der Waals surface area contributed by atoms with Crippen LogP contribution >= 0.6 is 0 Å². The van der Waals surface area contributed by atoms with Crippen LogP contribution in [0.25, 0.3) is 0 Å². The van der Waals surface area contributed by atoms with Crippen LogP contribution in [0.2, 0.25) is 0 Å². The summed E-state index contributed by atoms with van der Waals surface area (Å²) in [5, 5.41) is 0. The van der Waals surface area contributed by atoms with Crippen LogP contribution in [0, 0.1) is 43.1 Å². The minimum absolute atomic E-state index is 0. The molecule has 37 heavy (non-hydrogen) atoms. The average Bonchev–Trinajstić information content (AvgIpc) is 3.05. The molecular weight excluding hydrogens is 699 g/mol. The first-order valence-electron chi connectivity index (χ1n) is 13.2. The maximum atomic E-state index is 12.6. The summed E-state index contributed by atoms with van der Waals surface area (Å²) in [6.07, 6.45) is 7.31. The van der Waals surface area contributed by atoms with E-state index in [9.17, 15) is 13.2 Å². The third-order valence-corrected chi connectivity index (χ3v) is 5.07. The van der Waals surface area contributed by atoms with Crippen molar-refractivity contribution in [1.82, 2.24) is 0 Å². The van der Waals surface area contributed by atoms with Gasteiger partial charge in [-0.25, -0.2) is 0 Å². The molecule has 1 atom stereocenters. The van der Waals surface area contributed by atoms with Crippen molar-refractivity contribution < 1.29 is 44.3 Å². The van der Waals surface area contributed by atoms with Gasteiger partial charge in [-0.05, 0) is 30.6 Å². The average molecular weight is 748 g/mol. The van der Waals surface area contributed by atoms with Gasteiger partial charge < -0.3 is 16.5 Å². The molecule has 1 aromatic rings. The molecule has 0 bridgehead atoms. The van der Waals surface area contributed by atoms with Crippen LogP contribution in [-0.4, -0.2) is 18.1 Å². The van der Waals surface area contributed by atoms with E-state index in [0.717, 1.165) is 18.1 Å². The standard InChI is InChI=1S/C15H14F3N4.C10H22.2C2H6.U/c1-9(19)8-13-12(20)6-7-21-14(22-13)10-2-4-11(5-3-10)15(16,17)18;1-4-6-7-8-9-10(3)5-2;2*1-2;/h2,4-6,8H,7,19-20H2,1H3;10H,4-9H2,1-3H3;2*1-2H3;/q-1;;;;/b9-8-;;;;. The molecule has 0 spiro atoms. The number of hydrogen-bond donors (Lipinski definition) is 2. The Morgan fingerprint density at radius 3 is 2.19 bits per heavy atom. The van der Waals surface area contributed by atoms with Crippen LogP contribution in [0.4, 0.5) is 13.2 Å². The second kappa shape index (κ2) is 23.6. The molecule has 1 unspecified atom stereocenters. The molecule has 8 heteroatoms. The number of halogens is 3. The zero-order valence-electron chi connectivity index (χ0n) is 24.1. The van der Waals surface area contributed by atoms with Gasteiger partial charge in [0, 0.05) is 36.8 Å². The van der Waals surface area contributed by atoms with Gasteiger partial charge in [-0.3, -0.25) is 4.99 Å². The van der Waals surface area contributed by atoms with Gasteiger partial charge in [-0.15, -0.1) is 29.8 Å². The van der Waals surface area contributed by atoms with Crippen molar-refractivity contribution in [2.75, 3.05) is 6.54 Å². The Balaban J connectivity index is -0.000000654. The van der Waals surface area contributed by atoms with Gasteiger partial charge in [0.25, 0.3) is 0 Å². The van der Waals surface area contributed by atoms with Crippen LogP contribution < -0.4 is 11.5 Å². The summed E-state index contributed by atoms with van der Waals surface area (Å²) in [5.74, 6) is 1.22. The Morgan fingerprint density at radius 1 is 1.11 bits per heavy atom. The van der Waals surface area contributed by atoms with Crippen LogP contribution in [0.1, 0.15) is 105 Å². The second-order valence-corrected chi connectivity index (χ2v) is 8.06. The van der Waals surface area contributed by atoms with Crippen LogP contribution in [-0.2, 0) is 6.18 Å². The smallest absolute Gasteiger partial charge is 0.381 e. The SMILES string of the molecule is C/C(N)=C/C1=NC(c2[c-]cc(C(F)(F)F)cc2)=NCC=C1N.CC.CC.CCCCCCC(C)CC.[U]. The second-order valence-electron chi connectivity index (χ2n) is 8.06. The van der Waals surface area contributed by atoms with E-state index in [-0.39, 0.29) is 43.5 Å². The Kier molecular flexibility index (Phi) is 25.5. The molecule has 0 saturated heterocycles. The fraction of sp³-hybridized carbons (Fsp3) is 0.586. The number of benzene rings is 1. The summed E-state index contributed by atoms with van der Waals surface area (Å²) in [7, 11) is 0. The van der Waals surface area contributed by atoms with Gasteiger partial charge in [0.1, 0.15) is 0 Å². The van der Waals surface area contributed by atoms with Crippen molar-refractivity contribution in [3.8, 4) is 0 Å². The van der Waals surface area contributed by atoms with E-state index in [1.54, 1.807) is 19.1 Å². The van der Waals surface area contributed by atoms with Crippen molar-refractivity contribution in [2.24, 2.45) is 27.4 Å². The molecule has 0 saturated carbocycles. The van der Waals surface area contributed by atoms with Crippen molar-refractivity contribution in [3.05, 3.63) is 58.9 Å². The quantitative estimate of drug-likeness (QED) is 0.207. The van der Waals surface area contributed by atoms with Crippen LogP contribution in [0.5, 0.6) is 0 Å². The fourth-order valence-corrected chi connectivity index (χ4v) is 2.89. The normalized spacial score (nSPS) is 13.8. The van der Waals surface area contributed by atoms with Crippen LogP contribution in [0.15, 0.2) is 51.7 Å². The van der Waals surface area contributed by atoms with E-state index in [1.165, 1.54) is 44.6 Å². The first kappa shape index (κ1) is 40.0. The van der Waals surface area contributed by atoms with E-state index in [2.05, 4.69) is 36.8 Å². The van der Waals surface area contributed by atoms with Gasteiger partial charge in [0.15, 0.2) is 0 Å². The largest absolute Gasteiger partial charge is 0.402 e. The molecule has 1 aromatic carbocycles. The molecule has 0 aromatic heterocycles. The Labute approximate surface area is 247 Å². The maximum absolute atomic E-state index is 12.6. The number of allylic oxidation sites excluding steroid dienone is 2. The van der Waals surface area contributed by atoms with Gasteiger partial charge in [-0.2, -0.15) is 13.2 Å². The molecule has 0 amide bonds. The van der Waals surface area contributed by atoms with E-state index in [1.807, 2.05) is 27.7 Å². The fourth-order valence-electron chi connectivity index (χ4n) is 2.89. The van der Waals surface area contributed by atoms with Gasteiger partial charge in [0.2, 0.25) is 0 Å². The Hall–Kier alpha value is -1.52. The number of hydrogen-bond acceptors (Lipinski definition) is 4. The summed E-state index contributed by atoms with van der Waals surface area (Å²) in [5.41, 5.74) is 12.4. The molecule has 1 heterocycles. The van der Waals surface area contributed by atoms with Crippen molar-refractivity contribution in [1.29, 1.82) is 0 Å². The summed E-state index contributed by atoms with van der Waals surface area (Å²) in [6, 6.07) is 5.68. The number of amidine groups is 1. The first-order chi connectivity index (χ1) is 17.1.